The topological polar surface area (TPSA) is 67.8 Å². The monoisotopic (exact) mass is 370 g/mol. The predicted molar refractivity (Wildman–Crippen MR) is 99.3 cm³/mol. The van der Waals surface area contributed by atoms with E-state index < -0.39 is 6.10 Å². The highest BCUT2D eigenvalue weighted by Gasteiger charge is 2.33. The Morgan fingerprint density at radius 3 is 3.00 bits per heavy atom. The van der Waals surface area contributed by atoms with Gasteiger partial charge in [-0.05, 0) is 23.6 Å². The number of fused-ring (bicyclic) bond motifs is 1. The second-order valence-corrected chi connectivity index (χ2v) is 6.68. The summed E-state index contributed by atoms with van der Waals surface area (Å²) in [7, 11) is 1.59. The molecule has 1 fully saturated rings. The molecule has 0 radical (unpaired) electrons. The molecule has 1 amide bonds. The maximum atomic E-state index is 13.3. The van der Waals surface area contributed by atoms with Gasteiger partial charge in [-0.25, -0.2) is 14.9 Å². The minimum Gasteiger partial charge on any atom is -0.365 e. The Bertz CT molecular complexity index is 902. The molecule has 1 aromatic carbocycles. The average Bonchev–Trinajstić information content (AvgIpc) is 3.17. The SMILES string of the molecule is CON1CCOC(C(=O)N(c2ccccc2)c2ncc3ccsc3n2)C1. The molecule has 26 heavy (non-hydrogen) atoms. The normalized spacial score (nSPS) is 18.1. The molecule has 0 saturated carbocycles. The van der Waals surface area contributed by atoms with Gasteiger partial charge in [-0.15, -0.1) is 11.3 Å². The number of carbonyl (C=O) groups is 1. The van der Waals surface area contributed by atoms with Crippen LogP contribution in [0.25, 0.3) is 10.2 Å². The third-order valence-electron chi connectivity index (χ3n) is 4.19. The molecule has 0 N–H and O–H groups in total. The van der Waals surface area contributed by atoms with Crippen molar-refractivity contribution in [2.24, 2.45) is 0 Å². The van der Waals surface area contributed by atoms with E-state index in [4.69, 9.17) is 9.57 Å². The number of benzene rings is 1. The van der Waals surface area contributed by atoms with Crippen LogP contribution in [0.5, 0.6) is 0 Å². The fourth-order valence-corrected chi connectivity index (χ4v) is 3.59. The van der Waals surface area contributed by atoms with Crippen molar-refractivity contribution in [1.29, 1.82) is 0 Å². The summed E-state index contributed by atoms with van der Waals surface area (Å²) in [5.74, 6) is 0.128. The van der Waals surface area contributed by atoms with Crippen LogP contribution in [0.3, 0.4) is 0 Å². The first kappa shape index (κ1) is 17.0. The van der Waals surface area contributed by atoms with Gasteiger partial charge in [-0.3, -0.25) is 4.79 Å². The van der Waals surface area contributed by atoms with Crippen molar-refractivity contribution in [1.82, 2.24) is 15.0 Å². The largest absolute Gasteiger partial charge is 0.365 e. The van der Waals surface area contributed by atoms with Crippen LogP contribution >= 0.6 is 11.3 Å². The molecule has 1 saturated heterocycles. The Kier molecular flexibility index (Phi) is 4.89. The summed E-state index contributed by atoms with van der Waals surface area (Å²) >= 11 is 1.52. The molecule has 1 unspecified atom stereocenters. The summed E-state index contributed by atoms with van der Waals surface area (Å²) < 4.78 is 5.70. The maximum Gasteiger partial charge on any atom is 0.264 e. The minimum atomic E-state index is -0.647. The van der Waals surface area contributed by atoms with E-state index in [0.29, 0.717) is 31.3 Å². The zero-order valence-corrected chi connectivity index (χ0v) is 15.1. The van der Waals surface area contributed by atoms with Gasteiger partial charge >= 0.3 is 0 Å². The van der Waals surface area contributed by atoms with Crippen LogP contribution in [0, 0.1) is 0 Å². The van der Waals surface area contributed by atoms with Gasteiger partial charge in [0.15, 0.2) is 6.10 Å². The van der Waals surface area contributed by atoms with Gasteiger partial charge in [-0.1, -0.05) is 18.2 Å². The van der Waals surface area contributed by atoms with E-state index in [2.05, 4.69) is 9.97 Å². The number of hydrogen-bond acceptors (Lipinski definition) is 7. The lowest BCUT2D eigenvalue weighted by atomic mass is 10.2. The van der Waals surface area contributed by atoms with Gasteiger partial charge in [-0.2, -0.15) is 5.06 Å². The van der Waals surface area contributed by atoms with Crippen LogP contribution in [0.15, 0.2) is 48.0 Å². The number of ether oxygens (including phenoxy) is 1. The molecular formula is C18H18N4O3S. The summed E-state index contributed by atoms with van der Waals surface area (Å²) in [4.78, 5) is 29.9. The standard InChI is InChI=1S/C18H18N4O3S/c1-24-21-8-9-25-15(12-21)17(23)22(14-5-3-2-4-6-14)18-19-11-13-7-10-26-16(13)20-18/h2-7,10-11,15H,8-9,12H2,1H3. The van der Waals surface area contributed by atoms with Crippen LogP contribution in [-0.2, 0) is 14.4 Å². The van der Waals surface area contributed by atoms with E-state index in [1.165, 1.54) is 16.2 Å². The number of thiophene rings is 1. The Balaban J connectivity index is 1.72. The summed E-state index contributed by atoms with van der Waals surface area (Å²) in [5, 5.41) is 4.63. The van der Waals surface area contributed by atoms with Crippen LogP contribution in [0.2, 0.25) is 0 Å². The predicted octanol–water partition coefficient (Wildman–Crippen LogP) is 2.62. The second-order valence-electron chi connectivity index (χ2n) is 5.79. The molecule has 134 valence electrons. The molecule has 3 aromatic rings. The second kappa shape index (κ2) is 7.46. The number of hydrogen-bond donors (Lipinski definition) is 0. The maximum absolute atomic E-state index is 13.3. The van der Waals surface area contributed by atoms with Gasteiger partial charge in [0.2, 0.25) is 5.95 Å². The van der Waals surface area contributed by atoms with Gasteiger partial charge in [0, 0.05) is 18.1 Å². The molecule has 1 aliphatic heterocycles. The number of nitrogens with zero attached hydrogens (tertiary/aromatic N) is 4. The molecule has 1 atom stereocenters. The lowest BCUT2D eigenvalue weighted by Crippen LogP contribution is -2.50. The van der Waals surface area contributed by atoms with Crippen molar-refractivity contribution in [2.45, 2.75) is 6.10 Å². The fraction of sp³-hybridized carbons (Fsp3) is 0.278. The Morgan fingerprint density at radius 2 is 2.19 bits per heavy atom. The highest BCUT2D eigenvalue weighted by atomic mass is 32.1. The summed E-state index contributed by atoms with van der Waals surface area (Å²) in [6.45, 7) is 1.42. The van der Waals surface area contributed by atoms with E-state index in [1.54, 1.807) is 18.4 Å². The van der Waals surface area contributed by atoms with E-state index >= 15 is 0 Å². The van der Waals surface area contributed by atoms with Crippen LogP contribution < -0.4 is 4.90 Å². The zero-order valence-electron chi connectivity index (χ0n) is 14.2. The van der Waals surface area contributed by atoms with Gasteiger partial charge in [0.05, 0.1) is 25.9 Å². The van der Waals surface area contributed by atoms with Crippen LogP contribution in [0.1, 0.15) is 0 Å². The molecule has 0 bridgehead atoms. The van der Waals surface area contributed by atoms with Gasteiger partial charge in [0.1, 0.15) is 4.83 Å². The smallest absolute Gasteiger partial charge is 0.264 e. The summed E-state index contributed by atoms with van der Waals surface area (Å²) in [6.07, 6.45) is 1.09. The quantitative estimate of drug-likeness (QED) is 0.703. The number of anilines is 2. The number of morpholine rings is 1. The Hall–Kier alpha value is -2.39. The van der Waals surface area contributed by atoms with Crippen LogP contribution in [0.4, 0.5) is 11.6 Å². The first-order valence-corrected chi connectivity index (χ1v) is 9.14. The zero-order chi connectivity index (χ0) is 17.9. The van der Waals surface area contributed by atoms with E-state index in [0.717, 1.165) is 10.2 Å². The molecule has 7 nitrogen and oxygen atoms in total. The number of carbonyl (C=O) groups excluding carboxylic acids is 1. The highest BCUT2D eigenvalue weighted by molar-refractivity contribution is 7.16. The van der Waals surface area contributed by atoms with Crippen molar-refractivity contribution < 1.29 is 14.4 Å². The number of hydroxylamine groups is 2. The molecule has 8 heteroatoms. The van der Waals surface area contributed by atoms with Crippen molar-refractivity contribution in [2.75, 3.05) is 31.7 Å². The summed E-state index contributed by atoms with van der Waals surface area (Å²) in [6, 6.07) is 11.3. The number of rotatable bonds is 4. The van der Waals surface area contributed by atoms with E-state index in [-0.39, 0.29) is 5.91 Å². The number of amides is 1. The third-order valence-corrected chi connectivity index (χ3v) is 5.01. The molecule has 4 rings (SSSR count). The molecule has 2 aromatic heterocycles. The number of para-hydroxylation sites is 1. The van der Waals surface area contributed by atoms with E-state index in [9.17, 15) is 4.79 Å². The first-order valence-electron chi connectivity index (χ1n) is 8.26. The molecule has 0 spiro atoms. The van der Waals surface area contributed by atoms with Crippen molar-refractivity contribution in [3.05, 3.63) is 48.0 Å². The average molecular weight is 370 g/mol. The van der Waals surface area contributed by atoms with Gasteiger partial charge in [0.25, 0.3) is 5.91 Å². The Morgan fingerprint density at radius 1 is 1.35 bits per heavy atom. The Labute approximate surface area is 154 Å². The lowest BCUT2D eigenvalue weighted by molar-refractivity contribution is -0.194. The lowest BCUT2D eigenvalue weighted by Gasteiger charge is -2.32. The van der Waals surface area contributed by atoms with Crippen molar-refractivity contribution in [3.63, 3.8) is 0 Å². The molecule has 0 aliphatic carbocycles. The van der Waals surface area contributed by atoms with Gasteiger partial charge < -0.3 is 9.57 Å². The number of aromatic nitrogens is 2. The minimum absolute atomic E-state index is 0.214. The summed E-state index contributed by atoms with van der Waals surface area (Å²) in [5.41, 5.74) is 0.701. The van der Waals surface area contributed by atoms with Crippen LogP contribution in [-0.4, -0.2) is 53.8 Å². The fourth-order valence-electron chi connectivity index (χ4n) is 2.86. The van der Waals surface area contributed by atoms with Crippen molar-refractivity contribution in [3.8, 4) is 0 Å². The first-order chi connectivity index (χ1) is 12.8. The molecule has 1 aliphatic rings. The molecular weight excluding hydrogens is 352 g/mol. The van der Waals surface area contributed by atoms with Crippen molar-refractivity contribution >= 4 is 39.1 Å². The third kappa shape index (κ3) is 3.32. The van der Waals surface area contributed by atoms with E-state index in [1.807, 2.05) is 41.8 Å². The molecule has 3 heterocycles. The highest BCUT2D eigenvalue weighted by Crippen LogP contribution is 2.27.